The molecule has 0 aliphatic heterocycles. The second-order valence-corrected chi connectivity index (χ2v) is 5.14. The van der Waals surface area contributed by atoms with Gasteiger partial charge in [-0.1, -0.05) is 24.3 Å². The maximum absolute atomic E-state index is 7.21. The van der Waals surface area contributed by atoms with Crippen LogP contribution in [0.3, 0.4) is 0 Å². The summed E-state index contributed by atoms with van der Waals surface area (Å²) in [5.41, 5.74) is 7.68. The van der Waals surface area contributed by atoms with E-state index >= 15 is 0 Å². The normalized spacial score (nSPS) is 9.90. The molecule has 0 spiro atoms. The molecular weight excluding hydrogens is 244 g/mol. The van der Waals surface area contributed by atoms with E-state index in [1.807, 2.05) is 52.0 Å². The van der Waals surface area contributed by atoms with Crippen molar-refractivity contribution < 1.29 is 0 Å². The van der Waals surface area contributed by atoms with E-state index in [0.717, 1.165) is 44.8 Å². The van der Waals surface area contributed by atoms with Crippen molar-refractivity contribution in [2.45, 2.75) is 27.7 Å². The SMILES string of the molecule is [C-]#[N+]c1c(C)cc(-c2cc(C)c([N+]#[C-])c(C)c2)cc1C. The van der Waals surface area contributed by atoms with E-state index in [9.17, 15) is 0 Å². The molecule has 20 heavy (non-hydrogen) atoms. The molecule has 0 unspecified atom stereocenters. The highest BCUT2D eigenvalue weighted by Gasteiger charge is 2.09. The van der Waals surface area contributed by atoms with E-state index in [2.05, 4.69) is 9.69 Å². The van der Waals surface area contributed by atoms with E-state index in [-0.39, 0.29) is 0 Å². The van der Waals surface area contributed by atoms with E-state index < -0.39 is 0 Å². The summed E-state index contributed by atoms with van der Waals surface area (Å²) < 4.78 is 0. The van der Waals surface area contributed by atoms with Crippen molar-refractivity contribution in [3.05, 3.63) is 69.4 Å². The molecule has 0 N–H and O–H groups in total. The van der Waals surface area contributed by atoms with Crippen molar-refractivity contribution in [2.75, 3.05) is 0 Å². The minimum absolute atomic E-state index is 0.736. The number of aryl methyl sites for hydroxylation is 4. The molecule has 0 fully saturated rings. The molecule has 0 aromatic heterocycles. The summed E-state index contributed by atoms with van der Waals surface area (Å²) in [5.74, 6) is 0. The molecule has 0 bridgehead atoms. The summed E-state index contributed by atoms with van der Waals surface area (Å²) in [6.07, 6.45) is 0. The molecule has 0 aliphatic carbocycles. The summed E-state index contributed by atoms with van der Waals surface area (Å²) in [7, 11) is 0. The lowest BCUT2D eigenvalue weighted by molar-refractivity contribution is 1.37. The number of rotatable bonds is 1. The van der Waals surface area contributed by atoms with Crippen LogP contribution < -0.4 is 0 Å². The molecule has 2 heteroatoms. The third-order valence-electron chi connectivity index (χ3n) is 3.54. The largest absolute Gasteiger partial charge is 0.238 e. The van der Waals surface area contributed by atoms with Crippen LogP contribution in [0.5, 0.6) is 0 Å². The van der Waals surface area contributed by atoms with Crippen molar-refractivity contribution in [1.82, 2.24) is 0 Å². The molecular formula is C18H16N2. The first-order valence-corrected chi connectivity index (χ1v) is 6.45. The summed E-state index contributed by atoms with van der Waals surface area (Å²) in [4.78, 5) is 7.15. The lowest BCUT2D eigenvalue weighted by Crippen LogP contribution is -1.87. The van der Waals surface area contributed by atoms with Gasteiger partial charge in [-0.25, -0.2) is 9.69 Å². The van der Waals surface area contributed by atoms with Crippen LogP contribution in [0, 0.1) is 40.8 Å². The Bertz CT molecular complexity index is 657. The summed E-state index contributed by atoms with van der Waals surface area (Å²) in [6.45, 7) is 22.3. The second kappa shape index (κ2) is 5.19. The first-order valence-electron chi connectivity index (χ1n) is 6.45. The predicted octanol–water partition coefficient (Wildman–Crippen LogP) is 5.69. The van der Waals surface area contributed by atoms with Crippen LogP contribution in [-0.2, 0) is 0 Å². The van der Waals surface area contributed by atoms with Crippen LogP contribution in [0.15, 0.2) is 24.3 Å². The highest BCUT2D eigenvalue weighted by Crippen LogP contribution is 2.34. The highest BCUT2D eigenvalue weighted by molar-refractivity contribution is 5.75. The lowest BCUT2D eigenvalue weighted by Gasteiger charge is -2.11. The lowest BCUT2D eigenvalue weighted by atomic mass is 9.95. The van der Waals surface area contributed by atoms with Crippen LogP contribution in [0.25, 0.3) is 20.8 Å². The van der Waals surface area contributed by atoms with Gasteiger partial charge < -0.3 is 0 Å². The minimum Gasteiger partial charge on any atom is -0.238 e. The number of nitrogens with zero attached hydrogens (tertiary/aromatic N) is 2. The molecule has 0 saturated carbocycles. The molecule has 2 nitrogen and oxygen atoms in total. The average molecular weight is 260 g/mol. The molecule has 0 amide bonds. The van der Waals surface area contributed by atoms with E-state index in [1.165, 1.54) is 0 Å². The zero-order chi connectivity index (χ0) is 14.9. The Morgan fingerprint density at radius 2 is 0.850 bits per heavy atom. The van der Waals surface area contributed by atoms with Crippen molar-refractivity contribution in [3.8, 4) is 11.1 Å². The highest BCUT2D eigenvalue weighted by atomic mass is 14.7. The maximum Gasteiger partial charge on any atom is 0.193 e. The van der Waals surface area contributed by atoms with Gasteiger partial charge in [0.2, 0.25) is 0 Å². The van der Waals surface area contributed by atoms with Crippen molar-refractivity contribution in [3.63, 3.8) is 0 Å². The Balaban J connectivity index is 2.65. The van der Waals surface area contributed by atoms with Gasteiger partial charge in [0.15, 0.2) is 11.4 Å². The van der Waals surface area contributed by atoms with Gasteiger partial charge in [-0.3, -0.25) is 0 Å². The fourth-order valence-electron chi connectivity index (χ4n) is 2.60. The molecule has 0 saturated heterocycles. The second-order valence-electron chi connectivity index (χ2n) is 5.14. The first kappa shape index (κ1) is 13.8. The molecule has 98 valence electrons. The van der Waals surface area contributed by atoms with Crippen molar-refractivity contribution >= 4 is 11.4 Å². The van der Waals surface area contributed by atoms with Crippen LogP contribution in [0.2, 0.25) is 0 Å². The summed E-state index contributed by atoms with van der Waals surface area (Å²) in [6, 6.07) is 8.19. The summed E-state index contributed by atoms with van der Waals surface area (Å²) in [5, 5.41) is 0. The van der Waals surface area contributed by atoms with Gasteiger partial charge in [-0.15, -0.1) is 0 Å². The van der Waals surface area contributed by atoms with Crippen molar-refractivity contribution in [2.24, 2.45) is 0 Å². The van der Waals surface area contributed by atoms with Gasteiger partial charge in [0.1, 0.15) is 0 Å². The molecule has 0 radical (unpaired) electrons. The molecule has 0 aliphatic rings. The van der Waals surface area contributed by atoms with Gasteiger partial charge in [-0.2, -0.15) is 0 Å². The third kappa shape index (κ3) is 2.29. The van der Waals surface area contributed by atoms with Crippen LogP contribution in [-0.4, -0.2) is 0 Å². The van der Waals surface area contributed by atoms with Crippen LogP contribution in [0.4, 0.5) is 11.4 Å². The Kier molecular flexibility index (Phi) is 3.59. The molecule has 2 aromatic carbocycles. The van der Waals surface area contributed by atoms with Crippen molar-refractivity contribution in [1.29, 1.82) is 0 Å². The van der Waals surface area contributed by atoms with Crippen LogP contribution in [0.1, 0.15) is 22.3 Å². The Hall–Kier alpha value is -2.58. The quantitative estimate of drug-likeness (QED) is 0.582. The topological polar surface area (TPSA) is 8.72 Å². The Labute approximate surface area is 120 Å². The Morgan fingerprint density at radius 3 is 1.05 bits per heavy atom. The first-order chi connectivity index (χ1) is 9.47. The number of hydrogen-bond acceptors (Lipinski definition) is 0. The molecule has 2 aromatic rings. The van der Waals surface area contributed by atoms with Gasteiger partial charge >= 0.3 is 0 Å². The zero-order valence-electron chi connectivity index (χ0n) is 12.2. The predicted molar refractivity (Wildman–Crippen MR) is 83.4 cm³/mol. The average Bonchev–Trinajstić information content (AvgIpc) is 2.37. The fourth-order valence-corrected chi connectivity index (χ4v) is 2.60. The van der Waals surface area contributed by atoms with E-state index in [1.54, 1.807) is 0 Å². The van der Waals surface area contributed by atoms with Gasteiger partial charge in [0.05, 0.1) is 13.1 Å². The smallest absolute Gasteiger partial charge is 0.193 e. The van der Waals surface area contributed by atoms with Crippen LogP contribution >= 0.6 is 0 Å². The maximum atomic E-state index is 7.21. The molecule has 0 heterocycles. The fraction of sp³-hybridized carbons (Fsp3) is 0.222. The number of benzene rings is 2. The molecule has 0 atom stereocenters. The third-order valence-corrected chi connectivity index (χ3v) is 3.54. The monoisotopic (exact) mass is 260 g/mol. The van der Waals surface area contributed by atoms with Gasteiger partial charge in [0, 0.05) is 0 Å². The zero-order valence-corrected chi connectivity index (χ0v) is 12.2. The summed E-state index contributed by atoms with van der Waals surface area (Å²) >= 11 is 0. The van der Waals surface area contributed by atoms with E-state index in [0.29, 0.717) is 0 Å². The van der Waals surface area contributed by atoms with E-state index in [4.69, 9.17) is 13.1 Å². The standard InChI is InChI=1S/C18H16N2/c1-11-7-15(8-12(2)17(11)19-5)16-9-13(3)18(20-6)14(4)10-16/h7-10H,1-4H3. The minimum atomic E-state index is 0.736. The van der Waals surface area contributed by atoms with Gasteiger partial charge in [-0.05, 0) is 61.1 Å². The Morgan fingerprint density at radius 1 is 0.600 bits per heavy atom. The number of hydrogen-bond donors (Lipinski definition) is 0. The van der Waals surface area contributed by atoms with Gasteiger partial charge in [0.25, 0.3) is 0 Å². The molecule has 2 rings (SSSR count).